The van der Waals surface area contributed by atoms with Gasteiger partial charge in [0.2, 0.25) is 0 Å². The first-order valence-corrected chi connectivity index (χ1v) is 7.96. The zero-order chi connectivity index (χ0) is 11.2. The van der Waals surface area contributed by atoms with Gasteiger partial charge in [-0.1, -0.05) is 31.0 Å². The van der Waals surface area contributed by atoms with Crippen molar-refractivity contribution in [2.75, 3.05) is 12.8 Å². The Bertz CT molecular complexity index is 281. The van der Waals surface area contributed by atoms with Crippen LogP contribution in [0.5, 0.6) is 0 Å². The second kappa shape index (κ2) is 6.62. The summed E-state index contributed by atoms with van der Waals surface area (Å²) < 4.78 is 1.20. The highest BCUT2D eigenvalue weighted by Crippen LogP contribution is 2.30. The molecule has 1 aromatic rings. The minimum absolute atomic E-state index is 0.661. The predicted octanol–water partition coefficient (Wildman–Crippen LogP) is 3.40. The molecule has 1 fully saturated rings. The molecule has 2 nitrogen and oxygen atoms in total. The van der Waals surface area contributed by atoms with E-state index in [4.69, 9.17) is 0 Å². The van der Waals surface area contributed by atoms with Crippen LogP contribution >= 0.6 is 23.1 Å². The number of hydrogen-bond donors (Lipinski definition) is 1. The SMILES string of the molecule is CNC(CSc1nccs1)C1CCCCC1. The van der Waals surface area contributed by atoms with Crippen molar-refractivity contribution in [3.05, 3.63) is 11.6 Å². The van der Waals surface area contributed by atoms with Gasteiger partial charge in [-0.2, -0.15) is 0 Å². The van der Waals surface area contributed by atoms with Gasteiger partial charge in [0.15, 0.2) is 0 Å². The van der Waals surface area contributed by atoms with Crippen molar-refractivity contribution >= 4 is 23.1 Å². The Balaban J connectivity index is 1.80. The first kappa shape index (κ1) is 12.4. The molecule has 0 saturated heterocycles. The fourth-order valence-corrected chi connectivity index (χ4v) is 4.33. The predicted molar refractivity (Wildman–Crippen MR) is 72.3 cm³/mol. The molecule has 1 unspecified atom stereocenters. The Morgan fingerprint density at radius 3 is 2.94 bits per heavy atom. The first-order chi connectivity index (χ1) is 7.90. The summed E-state index contributed by atoms with van der Waals surface area (Å²) in [6, 6.07) is 0.661. The minimum atomic E-state index is 0.661. The van der Waals surface area contributed by atoms with Crippen molar-refractivity contribution < 1.29 is 0 Å². The van der Waals surface area contributed by atoms with Gasteiger partial charge in [0.05, 0.1) is 0 Å². The third-order valence-electron chi connectivity index (χ3n) is 3.39. The van der Waals surface area contributed by atoms with Gasteiger partial charge in [-0.3, -0.25) is 0 Å². The zero-order valence-corrected chi connectivity index (χ0v) is 11.4. The van der Waals surface area contributed by atoms with Gasteiger partial charge in [0.25, 0.3) is 0 Å². The molecular formula is C12H20N2S2. The summed E-state index contributed by atoms with van der Waals surface area (Å²) in [5, 5.41) is 5.54. The topological polar surface area (TPSA) is 24.9 Å². The number of nitrogens with zero attached hydrogens (tertiary/aromatic N) is 1. The van der Waals surface area contributed by atoms with E-state index < -0.39 is 0 Å². The molecule has 1 aliphatic rings. The second-order valence-electron chi connectivity index (χ2n) is 4.40. The van der Waals surface area contributed by atoms with Gasteiger partial charge in [-0.15, -0.1) is 11.3 Å². The van der Waals surface area contributed by atoms with Crippen molar-refractivity contribution in [3.63, 3.8) is 0 Å². The van der Waals surface area contributed by atoms with Crippen molar-refractivity contribution in [3.8, 4) is 0 Å². The molecule has 2 rings (SSSR count). The van der Waals surface area contributed by atoms with E-state index in [9.17, 15) is 0 Å². The van der Waals surface area contributed by atoms with Crippen LogP contribution in [0.15, 0.2) is 15.9 Å². The van der Waals surface area contributed by atoms with Crippen LogP contribution < -0.4 is 5.32 Å². The third-order valence-corrected chi connectivity index (χ3v) is 5.47. The molecular weight excluding hydrogens is 236 g/mol. The summed E-state index contributed by atoms with van der Waals surface area (Å²) in [6.45, 7) is 0. The van der Waals surface area contributed by atoms with E-state index >= 15 is 0 Å². The lowest BCUT2D eigenvalue weighted by atomic mass is 9.84. The number of thioether (sulfide) groups is 1. The number of nitrogens with one attached hydrogen (secondary N) is 1. The molecule has 0 bridgehead atoms. The maximum absolute atomic E-state index is 4.32. The Hall–Kier alpha value is -0.0600. The van der Waals surface area contributed by atoms with Crippen LogP contribution in [0.3, 0.4) is 0 Å². The fraction of sp³-hybridized carbons (Fsp3) is 0.750. The van der Waals surface area contributed by atoms with E-state index in [1.165, 1.54) is 36.4 Å². The lowest BCUT2D eigenvalue weighted by Gasteiger charge is -2.29. The molecule has 16 heavy (non-hydrogen) atoms. The quantitative estimate of drug-likeness (QED) is 0.817. The van der Waals surface area contributed by atoms with E-state index in [1.54, 1.807) is 11.3 Å². The highest BCUT2D eigenvalue weighted by molar-refractivity contribution is 8.01. The summed E-state index contributed by atoms with van der Waals surface area (Å²) in [5.74, 6) is 2.04. The lowest BCUT2D eigenvalue weighted by Crippen LogP contribution is -2.36. The van der Waals surface area contributed by atoms with Crippen molar-refractivity contribution in [1.82, 2.24) is 10.3 Å². The molecule has 1 aliphatic carbocycles. The molecule has 0 spiro atoms. The summed E-state index contributed by atoms with van der Waals surface area (Å²) in [6.07, 6.45) is 8.98. The number of thiazole rings is 1. The second-order valence-corrected chi connectivity index (χ2v) is 6.56. The van der Waals surface area contributed by atoms with Crippen molar-refractivity contribution in [1.29, 1.82) is 0 Å². The molecule has 1 aromatic heterocycles. The molecule has 1 N–H and O–H groups in total. The van der Waals surface area contributed by atoms with Gasteiger partial charge < -0.3 is 5.32 Å². The van der Waals surface area contributed by atoms with Crippen molar-refractivity contribution in [2.45, 2.75) is 42.5 Å². The number of aromatic nitrogens is 1. The maximum atomic E-state index is 4.32. The largest absolute Gasteiger partial charge is 0.316 e. The van der Waals surface area contributed by atoms with Gasteiger partial charge in [0.1, 0.15) is 4.34 Å². The number of hydrogen-bond acceptors (Lipinski definition) is 4. The number of rotatable bonds is 5. The van der Waals surface area contributed by atoms with Gasteiger partial charge >= 0.3 is 0 Å². The summed E-state index contributed by atoms with van der Waals surface area (Å²) in [4.78, 5) is 4.32. The van der Waals surface area contributed by atoms with Gasteiger partial charge in [-0.05, 0) is 25.8 Å². The normalized spacial score (nSPS) is 19.8. The van der Waals surface area contributed by atoms with Crippen LogP contribution in [0.4, 0.5) is 0 Å². The summed E-state index contributed by atoms with van der Waals surface area (Å²) >= 11 is 3.64. The average molecular weight is 256 g/mol. The molecule has 1 saturated carbocycles. The van der Waals surface area contributed by atoms with Gasteiger partial charge in [0, 0.05) is 23.4 Å². The maximum Gasteiger partial charge on any atom is 0.149 e. The highest BCUT2D eigenvalue weighted by atomic mass is 32.2. The fourth-order valence-electron chi connectivity index (χ4n) is 2.43. The van der Waals surface area contributed by atoms with Crippen LogP contribution in [-0.4, -0.2) is 23.8 Å². The Labute approximate surface area is 106 Å². The smallest absolute Gasteiger partial charge is 0.149 e. The molecule has 4 heteroatoms. The van der Waals surface area contributed by atoms with E-state index in [1.807, 2.05) is 18.0 Å². The minimum Gasteiger partial charge on any atom is -0.316 e. The molecule has 0 aliphatic heterocycles. The molecule has 0 aromatic carbocycles. The average Bonchev–Trinajstić information content (AvgIpc) is 2.84. The zero-order valence-electron chi connectivity index (χ0n) is 9.82. The van der Waals surface area contributed by atoms with Crippen LogP contribution in [0, 0.1) is 5.92 Å². The standard InChI is InChI=1S/C12H20N2S2/c1-13-11(10-5-3-2-4-6-10)9-16-12-14-7-8-15-12/h7-8,10-11,13H,2-6,9H2,1H3. The Kier molecular flexibility index (Phi) is 5.13. The van der Waals surface area contributed by atoms with Crippen molar-refractivity contribution in [2.24, 2.45) is 5.92 Å². The highest BCUT2D eigenvalue weighted by Gasteiger charge is 2.22. The van der Waals surface area contributed by atoms with E-state index in [0.29, 0.717) is 6.04 Å². The Morgan fingerprint density at radius 1 is 1.50 bits per heavy atom. The summed E-state index contributed by atoms with van der Waals surface area (Å²) in [7, 11) is 2.10. The van der Waals surface area contributed by atoms with E-state index in [2.05, 4.69) is 22.7 Å². The first-order valence-electron chi connectivity index (χ1n) is 6.09. The third kappa shape index (κ3) is 3.47. The molecule has 1 heterocycles. The monoisotopic (exact) mass is 256 g/mol. The molecule has 0 radical (unpaired) electrons. The molecule has 0 amide bonds. The van der Waals surface area contributed by atoms with E-state index in [0.717, 1.165) is 11.7 Å². The summed E-state index contributed by atoms with van der Waals surface area (Å²) in [5.41, 5.74) is 0. The lowest BCUT2D eigenvalue weighted by molar-refractivity contribution is 0.294. The van der Waals surface area contributed by atoms with Gasteiger partial charge in [-0.25, -0.2) is 4.98 Å². The van der Waals surface area contributed by atoms with Crippen LogP contribution in [0.2, 0.25) is 0 Å². The molecule has 90 valence electrons. The van der Waals surface area contributed by atoms with Crippen LogP contribution in [0.25, 0.3) is 0 Å². The Morgan fingerprint density at radius 2 is 2.31 bits per heavy atom. The van der Waals surface area contributed by atoms with E-state index in [-0.39, 0.29) is 0 Å². The van der Waals surface area contributed by atoms with Crippen LogP contribution in [0.1, 0.15) is 32.1 Å². The van der Waals surface area contributed by atoms with Crippen LogP contribution in [-0.2, 0) is 0 Å². The molecule has 1 atom stereocenters.